The highest BCUT2D eigenvalue weighted by molar-refractivity contribution is 8.01. The van der Waals surface area contributed by atoms with E-state index in [1.54, 1.807) is 6.07 Å². The van der Waals surface area contributed by atoms with E-state index >= 15 is 0 Å². The van der Waals surface area contributed by atoms with Crippen molar-refractivity contribution in [3.05, 3.63) is 47.5 Å². The minimum Gasteiger partial charge on any atom is -0.326 e. The molecule has 0 radical (unpaired) electrons. The summed E-state index contributed by atoms with van der Waals surface area (Å²) in [6.45, 7) is 5.72. The van der Waals surface area contributed by atoms with Crippen LogP contribution in [-0.4, -0.2) is 31.2 Å². The average molecular weight is 433 g/mol. The Hall–Kier alpha value is -2.32. The van der Waals surface area contributed by atoms with Gasteiger partial charge in [-0.25, -0.2) is 8.42 Å². The first kappa shape index (κ1) is 21.4. The maximum Gasteiger partial charge on any atom is 0.237 e. The van der Waals surface area contributed by atoms with Gasteiger partial charge in [0.2, 0.25) is 11.8 Å². The molecule has 1 atom stereocenters. The molecule has 1 aliphatic heterocycles. The number of aryl methyl sites for hydroxylation is 2. The Bertz CT molecular complexity index is 1040. The molecule has 29 heavy (non-hydrogen) atoms. The van der Waals surface area contributed by atoms with Crippen molar-refractivity contribution in [1.29, 1.82) is 0 Å². The molecule has 0 bridgehead atoms. The lowest BCUT2D eigenvalue weighted by Gasteiger charge is -2.23. The van der Waals surface area contributed by atoms with E-state index in [9.17, 15) is 18.0 Å². The first-order valence-electron chi connectivity index (χ1n) is 9.41. The Morgan fingerprint density at radius 1 is 1.17 bits per heavy atom. The average Bonchev–Trinajstić information content (AvgIpc) is 2.68. The predicted molar refractivity (Wildman–Crippen MR) is 116 cm³/mol. The molecular weight excluding hydrogens is 408 g/mol. The van der Waals surface area contributed by atoms with Crippen molar-refractivity contribution >= 4 is 44.8 Å². The first-order chi connectivity index (χ1) is 13.7. The van der Waals surface area contributed by atoms with Gasteiger partial charge in [-0.3, -0.25) is 9.59 Å². The normalized spacial score (nSPS) is 16.1. The number of benzene rings is 2. The first-order valence-corrected chi connectivity index (χ1v) is 11.9. The lowest BCUT2D eigenvalue weighted by molar-refractivity contribution is -0.116. The number of thioether (sulfide) groups is 1. The second kappa shape index (κ2) is 8.59. The predicted octanol–water partition coefficient (Wildman–Crippen LogP) is 3.93. The summed E-state index contributed by atoms with van der Waals surface area (Å²) in [5, 5.41) is 5.42. The highest BCUT2D eigenvalue weighted by Gasteiger charge is 2.27. The van der Waals surface area contributed by atoms with Gasteiger partial charge in [0.1, 0.15) is 0 Å². The highest BCUT2D eigenvalue weighted by atomic mass is 32.2. The lowest BCUT2D eigenvalue weighted by atomic mass is 10.1. The Balaban J connectivity index is 1.69. The summed E-state index contributed by atoms with van der Waals surface area (Å²) in [6.07, 6.45) is 0.553. The highest BCUT2D eigenvalue weighted by Crippen LogP contribution is 2.38. The molecule has 2 aromatic rings. The number of fused-ring (bicyclic) bond motifs is 1. The largest absolute Gasteiger partial charge is 0.326 e. The van der Waals surface area contributed by atoms with E-state index in [0.717, 1.165) is 16.0 Å². The Labute approximate surface area is 175 Å². The standard InChI is InChI=1S/C21H24N2O4S2/c1-4-17-21(25)22-16-12-15(8-9-18(16)28-17)29(26,27)11-10-19(24)23-20-13(2)6-5-7-14(20)3/h5-9,12,17H,4,10-11H2,1-3H3,(H,22,25)(H,23,24). The summed E-state index contributed by atoms with van der Waals surface area (Å²) in [4.78, 5) is 25.3. The topological polar surface area (TPSA) is 92.3 Å². The van der Waals surface area contributed by atoms with E-state index < -0.39 is 9.84 Å². The van der Waals surface area contributed by atoms with E-state index in [0.29, 0.717) is 17.8 Å². The number of amides is 2. The molecule has 0 aliphatic carbocycles. The van der Waals surface area contributed by atoms with Gasteiger partial charge in [0.05, 0.1) is 21.6 Å². The number of para-hydroxylation sites is 1. The van der Waals surface area contributed by atoms with Crippen LogP contribution in [0.25, 0.3) is 0 Å². The molecule has 2 amide bonds. The molecule has 2 N–H and O–H groups in total. The third-order valence-electron chi connectivity index (χ3n) is 4.84. The van der Waals surface area contributed by atoms with Crippen LogP contribution in [0, 0.1) is 13.8 Å². The van der Waals surface area contributed by atoms with Crippen LogP contribution >= 0.6 is 11.8 Å². The van der Waals surface area contributed by atoms with Crippen molar-refractivity contribution in [2.45, 2.75) is 48.7 Å². The summed E-state index contributed by atoms with van der Waals surface area (Å²) >= 11 is 1.44. The smallest absolute Gasteiger partial charge is 0.237 e. The molecule has 0 saturated heterocycles. The van der Waals surface area contributed by atoms with E-state index in [4.69, 9.17) is 0 Å². The number of hydrogen-bond donors (Lipinski definition) is 2. The summed E-state index contributed by atoms with van der Waals surface area (Å²) in [7, 11) is -3.66. The molecule has 1 unspecified atom stereocenters. The number of rotatable bonds is 6. The fourth-order valence-electron chi connectivity index (χ4n) is 3.15. The summed E-state index contributed by atoms with van der Waals surface area (Å²) < 4.78 is 25.4. The van der Waals surface area contributed by atoms with Crippen molar-refractivity contribution < 1.29 is 18.0 Å². The van der Waals surface area contributed by atoms with E-state index in [1.165, 1.54) is 23.9 Å². The lowest BCUT2D eigenvalue weighted by Crippen LogP contribution is -2.28. The summed E-state index contributed by atoms with van der Waals surface area (Å²) in [6, 6.07) is 10.4. The van der Waals surface area contributed by atoms with Crippen molar-refractivity contribution in [2.75, 3.05) is 16.4 Å². The van der Waals surface area contributed by atoms with Crippen LogP contribution in [0.1, 0.15) is 30.9 Å². The maximum absolute atomic E-state index is 12.7. The minimum atomic E-state index is -3.66. The van der Waals surface area contributed by atoms with Gasteiger partial charge in [-0.05, 0) is 49.6 Å². The van der Waals surface area contributed by atoms with Crippen LogP contribution < -0.4 is 10.6 Å². The zero-order valence-corrected chi connectivity index (χ0v) is 18.2. The van der Waals surface area contributed by atoms with Gasteiger partial charge >= 0.3 is 0 Å². The van der Waals surface area contributed by atoms with Crippen LogP contribution in [0.15, 0.2) is 46.2 Å². The fourth-order valence-corrected chi connectivity index (χ4v) is 5.44. The zero-order valence-electron chi connectivity index (χ0n) is 16.6. The number of anilines is 2. The molecule has 0 spiro atoms. The van der Waals surface area contributed by atoms with Crippen LogP contribution in [0.2, 0.25) is 0 Å². The van der Waals surface area contributed by atoms with Gasteiger partial charge in [-0.15, -0.1) is 11.8 Å². The van der Waals surface area contributed by atoms with Gasteiger partial charge in [-0.2, -0.15) is 0 Å². The second-order valence-corrected chi connectivity index (χ2v) is 10.4. The molecule has 2 aromatic carbocycles. The van der Waals surface area contributed by atoms with Crippen molar-refractivity contribution in [2.24, 2.45) is 0 Å². The number of carbonyl (C=O) groups is 2. The number of hydrogen-bond acceptors (Lipinski definition) is 5. The van der Waals surface area contributed by atoms with Gasteiger partial charge in [0.25, 0.3) is 0 Å². The van der Waals surface area contributed by atoms with Gasteiger partial charge in [0, 0.05) is 17.0 Å². The van der Waals surface area contributed by atoms with Gasteiger partial charge in [-0.1, -0.05) is 25.1 Å². The van der Waals surface area contributed by atoms with Gasteiger partial charge in [0.15, 0.2) is 9.84 Å². The Morgan fingerprint density at radius 2 is 1.86 bits per heavy atom. The molecule has 6 nitrogen and oxygen atoms in total. The van der Waals surface area contributed by atoms with E-state index in [2.05, 4.69) is 10.6 Å². The molecule has 154 valence electrons. The van der Waals surface area contributed by atoms with Crippen LogP contribution in [0.4, 0.5) is 11.4 Å². The van der Waals surface area contributed by atoms with Crippen molar-refractivity contribution in [1.82, 2.24) is 0 Å². The Kier molecular flexibility index (Phi) is 6.33. The molecular formula is C21H24N2O4S2. The monoisotopic (exact) mass is 432 g/mol. The number of nitrogens with one attached hydrogen (secondary N) is 2. The fraction of sp³-hybridized carbons (Fsp3) is 0.333. The molecule has 8 heteroatoms. The van der Waals surface area contributed by atoms with Crippen molar-refractivity contribution in [3.63, 3.8) is 0 Å². The second-order valence-electron chi connectivity index (χ2n) is 7.05. The third kappa shape index (κ3) is 4.82. The third-order valence-corrected chi connectivity index (χ3v) is 8.00. The molecule has 0 aromatic heterocycles. The van der Waals surface area contributed by atoms with Crippen LogP contribution in [0.5, 0.6) is 0 Å². The summed E-state index contributed by atoms with van der Waals surface area (Å²) in [5.41, 5.74) is 3.07. The Morgan fingerprint density at radius 3 is 2.52 bits per heavy atom. The maximum atomic E-state index is 12.7. The van der Waals surface area contributed by atoms with E-state index in [1.807, 2.05) is 39.0 Å². The molecule has 0 saturated carbocycles. The minimum absolute atomic E-state index is 0.104. The number of sulfone groups is 1. The van der Waals surface area contributed by atoms with Crippen LogP contribution in [0.3, 0.4) is 0 Å². The molecule has 0 fully saturated rings. The molecule has 3 rings (SSSR count). The van der Waals surface area contributed by atoms with Crippen molar-refractivity contribution in [3.8, 4) is 0 Å². The zero-order chi connectivity index (χ0) is 21.2. The summed E-state index contributed by atoms with van der Waals surface area (Å²) in [5.74, 6) is -0.771. The van der Waals surface area contributed by atoms with Crippen LogP contribution in [-0.2, 0) is 19.4 Å². The molecule has 1 aliphatic rings. The van der Waals surface area contributed by atoms with E-state index in [-0.39, 0.29) is 34.1 Å². The SMILES string of the molecule is CCC1Sc2ccc(S(=O)(=O)CCC(=O)Nc3c(C)cccc3C)cc2NC1=O. The van der Waals surface area contributed by atoms with Gasteiger partial charge < -0.3 is 10.6 Å². The molecule has 1 heterocycles. The number of carbonyl (C=O) groups excluding carboxylic acids is 2. The quantitative estimate of drug-likeness (QED) is 0.722.